The summed E-state index contributed by atoms with van der Waals surface area (Å²) < 4.78 is 11.0. The van der Waals surface area contributed by atoms with Gasteiger partial charge >= 0.3 is 0 Å². The Balaban J connectivity index is 1.56. The van der Waals surface area contributed by atoms with E-state index in [4.69, 9.17) is 9.47 Å². The molecule has 3 heteroatoms. The highest BCUT2D eigenvalue weighted by atomic mass is 16.5. The first kappa shape index (κ1) is 16.2. The van der Waals surface area contributed by atoms with Crippen molar-refractivity contribution in [2.24, 2.45) is 11.8 Å². The fraction of sp³-hybridized carbons (Fsp3) is 0.667. The van der Waals surface area contributed by atoms with Gasteiger partial charge in [-0.05, 0) is 43.4 Å². The fourth-order valence-electron chi connectivity index (χ4n) is 3.22. The number of nitrogens with one attached hydrogen (secondary N) is 1. The lowest BCUT2D eigenvalue weighted by Gasteiger charge is -2.26. The molecule has 0 heterocycles. The van der Waals surface area contributed by atoms with Crippen LogP contribution in [-0.4, -0.2) is 26.8 Å². The van der Waals surface area contributed by atoms with Crippen LogP contribution in [0.2, 0.25) is 0 Å². The molecule has 0 bridgehead atoms. The molecular formula is C18H29NO2. The van der Waals surface area contributed by atoms with Crippen molar-refractivity contribution in [2.45, 2.75) is 39.0 Å². The largest absolute Gasteiger partial charge is 0.493 e. The van der Waals surface area contributed by atoms with Crippen molar-refractivity contribution in [3.05, 3.63) is 24.3 Å². The standard InChI is InChI=1S/C18H29NO2/c1-15-6-5-7-16(14-15)10-11-19-12-13-21-18-9-4-3-8-17(18)20-2/h3-4,8-9,15-16,19H,5-7,10-14H2,1-2H3. The molecule has 0 saturated heterocycles. The van der Waals surface area contributed by atoms with Crippen LogP contribution in [0.5, 0.6) is 11.5 Å². The zero-order chi connectivity index (χ0) is 14.9. The van der Waals surface area contributed by atoms with Crippen molar-refractivity contribution < 1.29 is 9.47 Å². The maximum absolute atomic E-state index is 5.75. The van der Waals surface area contributed by atoms with E-state index in [2.05, 4.69) is 12.2 Å². The molecule has 2 unspecified atom stereocenters. The quantitative estimate of drug-likeness (QED) is 0.737. The molecule has 1 aromatic rings. The van der Waals surface area contributed by atoms with Gasteiger partial charge in [0.05, 0.1) is 7.11 Å². The first-order valence-electron chi connectivity index (χ1n) is 8.26. The molecule has 1 aliphatic carbocycles. The molecule has 118 valence electrons. The zero-order valence-electron chi connectivity index (χ0n) is 13.4. The second kappa shape index (κ2) is 8.93. The highest BCUT2D eigenvalue weighted by Crippen LogP contribution is 2.30. The fourth-order valence-corrected chi connectivity index (χ4v) is 3.22. The molecule has 0 aromatic heterocycles. The first-order valence-corrected chi connectivity index (χ1v) is 8.26. The third-order valence-corrected chi connectivity index (χ3v) is 4.38. The summed E-state index contributed by atoms with van der Waals surface area (Å²) >= 11 is 0. The Morgan fingerprint density at radius 1 is 1.14 bits per heavy atom. The van der Waals surface area contributed by atoms with Gasteiger partial charge in [0, 0.05) is 6.54 Å². The summed E-state index contributed by atoms with van der Waals surface area (Å²) in [5.74, 6) is 3.48. The Labute approximate surface area is 129 Å². The topological polar surface area (TPSA) is 30.5 Å². The normalized spacial score (nSPS) is 22.0. The maximum Gasteiger partial charge on any atom is 0.161 e. The number of hydrogen-bond acceptors (Lipinski definition) is 3. The van der Waals surface area contributed by atoms with E-state index in [1.54, 1.807) is 7.11 Å². The predicted octanol–water partition coefficient (Wildman–Crippen LogP) is 3.88. The minimum Gasteiger partial charge on any atom is -0.493 e. The Morgan fingerprint density at radius 3 is 2.71 bits per heavy atom. The lowest BCUT2D eigenvalue weighted by molar-refractivity contribution is 0.261. The Hall–Kier alpha value is -1.22. The summed E-state index contributed by atoms with van der Waals surface area (Å²) in [7, 11) is 1.67. The van der Waals surface area contributed by atoms with Crippen molar-refractivity contribution in [1.29, 1.82) is 0 Å². The lowest BCUT2D eigenvalue weighted by atomic mass is 9.81. The summed E-state index contributed by atoms with van der Waals surface area (Å²) in [5.41, 5.74) is 0. The van der Waals surface area contributed by atoms with Crippen LogP contribution in [0.15, 0.2) is 24.3 Å². The summed E-state index contributed by atoms with van der Waals surface area (Å²) in [4.78, 5) is 0. The first-order chi connectivity index (χ1) is 10.3. The smallest absolute Gasteiger partial charge is 0.161 e. The van der Waals surface area contributed by atoms with Crippen LogP contribution in [0.25, 0.3) is 0 Å². The van der Waals surface area contributed by atoms with Crippen molar-refractivity contribution in [2.75, 3.05) is 26.8 Å². The van der Waals surface area contributed by atoms with E-state index in [0.717, 1.165) is 36.4 Å². The second-order valence-corrected chi connectivity index (χ2v) is 6.18. The molecule has 21 heavy (non-hydrogen) atoms. The van der Waals surface area contributed by atoms with E-state index in [-0.39, 0.29) is 0 Å². The second-order valence-electron chi connectivity index (χ2n) is 6.18. The van der Waals surface area contributed by atoms with E-state index >= 15 is 0 Å². The summed E-state index contributed by atoms with van der Waals surface area (Å²) in [6, 6.07) is 7.79. The average Bonchev–Trinajstić information content (AvgIpc) is 2.51. The van der Waals surface area contributed by atoms with E-state index in [9.17, 15) is 0 Å². The number of methoxy groups -OCH3 is 1. The molecular weight excluding hydrogens is 262 g/mol. The van der Waals surface area contributed by atoms with Crippen LogP contribution in [-0.2, 0) is 0 Å². The van der Waals surface area contributed by atoms with Crippen LogP contribution >= 0.6 is 0 Å². The van der Waals surface area contributed by atoms with Gasteiger partial charge in [0.1, 0.15) is 6.61 Å². The van der Waals surface area contributed by atoms with Gasteiger partial charge in [-0.3, -0.25) is 0 Å². The highest BCUT2D eigenvalue weighted by molar-refractivity contribution is 5.39. The molecule has 1 N–H and O–H groups in total. The minimum atomic E-state index is 0.682. The lowest BCUT2D eigenvalue weighted by Crippen LogP contribution is -2.25. The molecule has 1 fully saturated rings. The van der Waals surface area contributed by atoms with Crippen LogP contribution in [0.4, 0.5) is 0 Å². The van der Waals surface area contributed by atoms with Crippen molar-refractivity contribution in [3.8, 4) is 11.5 Å². The molecule has 2 atom stereocenters. The van der Waals surface area contributed by atoms with E-state index in [0.29, 0.717) is 6.61 Å². The molecule has 1 aromatic carbocycles. The Morgan fingerprint density at radius 2 is 1.95 bits per heavy atom. The van der Waals surface area contributed by atoms with Gasteiger partial charge in [0.15, 0.2) is 11.5 Å². The van der Waals surface area contributed by atoms with Gasteiger partial charge in [-0.15, -0.1) is 0 Å². The predicted molar refractivity (Wildman–Crippen MR) is 87.1 cm³/mol. The third-order valence-electron chi connectivity index (χ3n) is 4.38. The number of hydrogen-bond donors (Lipinski definition) is 1. The molecule has 0 aliphatic heterocycles. The van der Waals surface area contributed by atoms with Gasteiger partial charge in [0.25, 0.3) is 0 Å². The number of rotatable bonds is 8. The van der Waals surface area contributed by atoms with Crippen molar-refractivity contribution >= 4 is 0 Å². The van der Waals surface area contributed by atoms with E-state index < -0.39 is 0 Å². The minimum absolute atomic E-state index is 0.682. The van der Waals surface area contributed by atoms with E-state index in [1.807, 2.05) is 24.3 Å². The monoisotopic (exact) mass is 291 g/mol. The van der Waals surface area contributed by atoms with Crippen LogP contribution in [0, 0.1) is 11.8 Å². The van der Waals surface area contributed by atoms with Crippen molar-refractivity contribution in [3.63, 3.8) is 0 Å². The Kier molecular flexibility index (Phi) is 6.87. The van der Waals surface area contributed by atoms with Crippen LogP contribution in [0.1, 0.15) is 39.0 Å². The highest BCUT2D eigenvalue weighted by Gasteiger charge is 2.17. The molecule has 0 spiro atoms. The number of para-hydroxylation sites is 2. The summed E-state index contributed by atoms with van der Waals surface area (Å²) in [6.07, 6.45) is 6.99. The SMILES string of the molecule is COc1ccccc1OCCNCCC1CCCC(C)C1. The van der Waals surface area contributed by atoms with Gasteiger partial charge in [-0.25, -0.2) is 0 Å². The maximum atomic E-state index is 5.75. The van der Waals surface area contributed by atoms with Gasteiger partial charge < -0.3 is 14.8 Å². The molecule has 0 amide bonds. The van der Waals surface area contributed by atoms with Gasteiger partial charge in [-0.2, -0.15) is 0 Å². The zero-order valence-corrected chi connectivity index (χ0v) is 13.4. The molecule has 1 saturated carbocycles. The molecule has 3 nitrogen and oxygen atoms in total. The molecule has 0 radical (unpaired) electrons. The number of benzene rings is 1. The molecule has 2 rings (SSSR count). The third kappa shape index (κ3) is 5.58. The average molecular weight is 291 g/mol. The number of ether oxygens (including phenoxy) is 2. The van der Waals surface area contributed by atoms with Gasteiger partial charge in [-0.1, -0.05) is 38.3 Å². The van der Waals surface area contributed by atoms with Crippen LogP contribution in [0.3, 0.4) is 0 Å². The van der Waals surface area contributed by atoms with E-state index in [1.165, 1.54) is 32.1 Å². The summed E-state index contributed by atoms with van der Waals surface area (Å²) in [5, 5.41) is 3.49. The van der Waals surface area contributed by atoms with Crippen LogP contribution < -0.4 is 14.8 Å². The van der Waals surface area contributed by atoms with Gasteiger partial charge in [0.2, 0.25) is 0 Å². The molecule has 1 aliphatic rings. The summed E-state index contributed by atoms with van der Waals surface area (Å²) in [6.45, 7) is 5.06. The Bertz CT molecular complexity index is 408. The van der Waals surface area contributed by atoms with Crippen molar-refractivity contribution in [1.82, 2.24) is 5.32 Å².